The van der Waals surface area contributed by atoms with E-state index in [9.17, 15) is 4.79 Å². The predicted molar refractivity (Wildman–Crippen MR) is 57.1 cm³/mol. The third kappa shape index (κ3) is 8.27. The Hall–Kier alpha value is 0.170. The number of ether oxygens (including phenoxy) is 1. The number of carbonyl (C=O) groups excluding carboxylic acids is 1. The first-order valence-corrected chi connectivity index (χ1v) is 5.45. The number of esters is 1. The topological polar surface area (TPSA) is 26.3 Å². The lowest BCUT2D eigenvalue weighted by molar-refractivity contribution is -0.140. The average molecular weight is 208 g/mol. The lowest BCUT2D eigenvalue weighted by Crippen LogP contribution is -2.06. The molecule has 12 heavy (non-hydrogen) atoms. The van der Waals surface area contributed by atoms with E-state index in [0.29, 0.717) is 6.61 Å². The van der Waals surface area contributed by atoms with E-state index in [1.165, 1.54) is 6.42 Å². The summed E-state index contributed by atoms with van der Waals surface area (Å²) < 4.78 is 4.84. The predicted octanol–water partition coefficient (Wildman–Crippen LogP) is 1.95. The minimum absolute atomic E-state index is 0.177. The van der Waals surface area contributed by atoms with Crippen LogP contribution in [0.2, 0.25) is 0 Å². The summed E-state index contributed by atoms with van der Waals surface area (Å²) in [6.45, 7) is 0.534. The molecule has 0 heterocycles. The zero-order chi connectivity index (χ0) is 9.23. The molecule has 0 aliphatic heterocycles. The van der Waals surface area contributed by atoms with Gasteiger partial charge < -0.3 is 4.74 Å². The molecule has 0 aromatic carbocycles. The van der Waals surface area contributed by atoms with E-state index in [0.717, 1.165) is 25.0 Å². The normalized spacial score (nSPS) is 9.83. The summed E-state index contributed by atoms with van der Waals surface area (Å²) in [6.07, 6.45) is 4.37. The van der Waals surface area contributed by atoms with Gasteiger partial charge in [-0.25, -0.2) is 0 Å². The van der Waals surface area contributed by atoms with Crippen LogP contribution in [0.15, 0.2) is 0 Å². The van der Waals surface area contributed by atoms with Crippen molar-refractivity contribution in [3.8, 4) is 0 Å². The van der Waals surface area contributed by atoms with Gasteiger partial charge in [0.15, 0.2) is 0 Å². The summed E-state index contributed by atoms with van der Waals surface area (Å²) in [5, 5.41) is 0. The van der Waals surface area contributed by atoms with E-state index in [-0.39, 0.29) is 11.7 Å². The van der Waals surface area contributed by atoms with Crippen LogP contribution in [0.1, 0.15) is 25.7 Å². The van der Waals surface area contributed by atoms with Crippen molar-refractivity contribution in [2.24, 2.45) is 0 Å². The maximum atomic E-state index is 10.6. The summed E-state index contributed by atoms with van der Waals surface area (Å²) in [6, 6.07) is 0. The fourth-order valence-corrected chi connectivity index (χ4v) is 1.11. The second-order valence-corrected chi connectivity index (χ2v) is 3.28. The van der Waals surface area contributed by atoms with E-state index in [1.807, 2.05) is 0 Å². The highest BCUT2D eigenvalue weighted by molar-refractivity contribution is 7.81. The van der Waals surface area contributed by atoms with Crippen LogP contribution in [-0.4, -0.2) is 24.1 Å². The molecule has 0 aromatic heterocycles. The molecule has 0 aliphatic rings. The number of hydrogen-bond donors (Lipinski definition) is 2. The Balaban J connectivity index is 2.95. The largest absolute Gasteiger partial charge is 0.465 e. The lowest BCUT2D eigenvalue weighted by atomic mass is 10.2. The molecule has 0 bridgehead atoms. The quantitative estimate of drug-likeness (QED) is 0.380. The molecule has 0 saturated heterocycles. The van der Waals surface area contributed by atoms with Crippen LogP contribution < -0.4 is 0 Å². The van der Waals surface area contributed by atoms with Gasteiger partial charge in [0.25, 0.3) is 0 Å². The number of thiol groups is 2. The van der Waals surface area contributed by atoms with Gasteiger partial charge in [-0.2, -0.15) is 25.3 Å². The molecule has 72 valence electrons. The van der Waals surface area contributed by atoms with E-state index < -0.39 is 0 Å². The summed E-state index contributed by atoms with van der Waals surface area (Å²) in [5.41, 5.74) is 0. The fourth-order valence-electron chi connectivity index (χ4n) is 0.799. The molecule has 0 N–H and O–H groups in total. The zero-order valence-corrected chi connectivity index (χ0v) is 8.95. The lowest BCUT2D eigenvalue weighted by Gasteiger charge is -2.01. The minimum Gasteiger partial charge on any atom is -0.465 e. The molecule has 0 radical (unpaired) electrons. The van der Waals surface area contributed by atoms with E-state index in [1.54, 1.807) is 0 Å². The maximum absolute atomic E-state index is 10.6. The maximum Gasteiger partial charge on any atom is 0.315 e. The number of unbranched alkanes of at least 4 members (excludes halogenated alkanes) is 3. The van der Waals surface area contributed by atoms with Crippen molar-refractivity contribution in [2.75, 3.05) is 18.1 Å². The van der Waals surface area contributed by atoms with Gasteiger partial charge in [0, 0.05) is 0 Å². The van der Waals surface area contributed by atoms with Crippen LogP contribution in [-0.2, 0) is 9.53 Å². The van der Waals surface area contributed by atoms with Crippen LogP contribution >= 0.6 is 25.3 Å². The first-order valence-electron chi connectivity index (χ1n) is 4.18. The summed E-state index contributed by atoms with van der Waals surface area (Å²) in [5.74, 6) is 0.889. The molecule has 0 fully saturated rings. The molecular formula is C8H16O2S2. The number of hydrogen-bond acceptors (Lipinski definition) is 4. The number of carbonyl (C=O) groups is 1. The van der Waals surface area contributed by atoms with E-state index in [2.05, 4.69) is 25.3 Å². The first kappa shape index (κ1) is 12.2. The molecule has 0 saturated carbocycles. The highest BCUT2D eigenvalue weighted by atomic mass is 32.1. The highest BCUT2D eigenvalue weighted by Gasteiger charge is 1.96. The Kier molecular flexibility index (Phi) is 9.39. The minimum atomic E-state index is -0.229. The van der Waals surface area contributed by atoms with Crippen molar-refractivity contribution in [3.63, 3.8) is 0 Å². The second-order valence-electron chi connectivity index (χ2n) is 2.52. The fraction of sp³-hybridized carbons (Fsp3) is 0.875. The third-order valence-corrected chi connectivity index (χ3v) is 2.02. The summed E-state index contributed by atoms with van der Waals surface area (Å²) in [4.78, 5) is 10.6. The molecule has 0 amide bonds. The van der Waals surface area contributed by atoms with Crippen molar-refractivity contribution in [2.45, 2.75) is 25.7 Å². The van der Waals surface area contributed by atoms with E-state index >= 15 is 0 Å². The second kappa shape index (κ2) is 9.26. The molecule has 0 spiro atoms. The third-order valence-electron chi connectivity index (χ3n) is 1.44. The van der Waals surface area contributed by atoms with Gasteiger partial charge in [0.1, 0.15) is 0 Å². The van der Waals surface area contributed by atoms with Gasteiger partial charge in [-0.3, -0.25) is 4.79 Å². The standard InChI is InChI=1S/C8H16O2S2/c9-8(7-12)10-5-3-1-2-4-6-11/h11-12H,1-7H2. The van der Waals surface area contributed by atoms with Crippen molar-refractivity contribution >= 4 is 31.2 Å². The molecule has 0 aliphatic carbocycles. The molecule has 4 heteroatoms. The Morgan fingerprint density at radius 3 is 2.33 bits per heavy atom. The smallest absolute Gasteiger partial charge is 0.315 e. The monoisotopic (exact) mass is 208 g/mol. The molecule has 0 rings (SSSR count). The van der Waals surface area contributed by atoms with Crippen LogP contribution in [0.25, 0.3) is 0 Å². The van der Waals surface area contributed by atoms with Gasteiger partial charge in [-0.1, -0.05) is 12.8 Å². The number of rotatable bonds is 7. The van der Waals surface area contributed by atoms with Gasteiger partial charge >= 0.3 is 5.97 Å². The van der Waals surface area contributed by atoms with Gasteiger partial charge in [-0.15, -0.1) is 0 Å². The average Bonchev–Trinajstić information content (AvgIpc) is 2.10. The zero-order valence-electron chi connectivity index (χ0n) is 7.16. The van der Waals surface area contributed by atoms with Crippen molar-refractivity contribution in [1.29, 1.82) is 0 Å². The van der Waals surface area contributed by atoms with Crippen LogP contribution in [0.3, 0.4) is 0 Å². The van der Waals surface area contributed by atoms with Crippen molar-refractivity contribution in [1.82, 2.24) is 0 Å². The van der Waals surface area contributed by atoms with Gasteiger partial charge in [0.2, 0.25) is 0 Å². The SMILES string of the molecule is O=C(CS)OCCCCCCS. The summed E-state index contributed by atoms with van der Waals surface area (Å²) >= 11 is 7.89. The van der Waals surface area contributed by atoms with Gasteiger partial charge in [0.05, 0.1) is 12.4 Å². The molecular weight excluding hydrogens is 192 g/mol. The Labute approximate surface area is 84.9 Å². The van der Waals surface area contributed by atoms with Crippen molar-refractivity contribution in [3.05, 3.63) is 0 Å². The molecule has 2 nitrogen and oxygen atoms in total. The summed E-state index contributed by atoms with van der Waals surface area (Å²) in [7, 11) is 0. The van der Waals surface area contributed by atoms with Crippen LogP contribution in [0.5, 0.6) is 0 Å². The molecule has 0 atom stereocenters. The molecule has 0 unspecified atom stereocenters. The van der Waals surface area contributed by atoms with E-state index in [4.69, 9.17) is 4.74 Å². The van der Waals surface area contributed by atoms with Gasteiger partial charge in [-0.05, 0) is 18.6 Å². The molecule has 0 aromatic rings. The Morgan fingerprint density at radius 1 is 1.08 bits per heavy atom. The van der Waals surface area contributed by atoms with Crippen LogP contribution in [0.4, 0.5) is 0 Å². The Bertz CT molecular complexity index is 118. The Morgan fingerprint density at radius 2 is 1.75 bits per heavy atom. The van der Waals surface area contributed by atoms with Crippen molar-refractivity contribution < 1.29 is 9.53 Å². The highest BCUT2D eigenvalue weighted by Crippen LogP contribution is 2.01. The first-order chi connectivity index (χ1) is 5.81. The van der Waals surface area contributed by atoms with Crippen LogP contribution in [0, 0.1) is 0 Å².